The number of hydrogen-bond donors (Lipinski definition) is 2. The minimum Gasteiger partial charge on any atom is -0.392 e. The molecule has 3 heteroatoms. The van der Waals surface area contributed by atoms with Crippen molar-refractivity contribution in [2.75, 3.05) is 0 Å². The van der Waals surface area contributed by atoms with Crippen LogP contribution in [0.15, 0.2) is 36.4 Å². The van der Waals surface area contributed by atoms with Gasteiger partial charge in [-0.25, -0.2) is 0 Å². The summed E-state index contributed by atoms with van der Waals surface area (Å²) in [5.74, 6) is 0. The topological polar surface area (TPSA) is 45.4 Å². The van der Waals surface area contributed by atoms with Crippen molar-refractivity contribution in [3.63, 3.8) is 0 Å². The van der Waals surface area contributed by atoms with Crippen molar-refractivity contribution in [3.05, 3.63) is 47.5 Å². The highest BCUT2D eigenvalue weighted by Gasteiger charge is 2.11. The Morgan fingerprint density at radius 3 is 1.79 bits per heavy atom. The molecule has 0 aliphatic rings. The van der Waals surface area contributed by atoms with E-state index in [1.54, 1.807) is 0 Å². The second-order valence-electron chi connectivity index (χ2n) is 6.59. The molecule has 0 saturated heterocycles. The van der Waals surface area contributed by atoms with E-state index in [1.165, 1.54) is 53.9 Å². The number of hydrogen-bond acceptors (Lipinski definition) is 2. The number of fused-ring (bicyclic) bond motifs is 3. The van der Waals surface area contributed by atoms with E-state index in [1.807, 2.05) is 12.1 Å². The van der Waals surface area contributed by atoms with Crippen molar-refractivity contribution >= 4 is 21.8 Å². The first-order valence-electron chi connectivity index (χ1n) is 9.04. The minimum absolute atomic E-state index is 0.0549. The van der Waals surface area contributed by atoms with Gasteiger partial charge in [-0.2, -0.15) is 0 Å². The molecule has 2 N–H and O–H groups in total. The fourth-order valence-electron chi connectivity index (χ4n) is 3.51. The fourth-order valence-corrected chi connectivity index (χ4v) is 3.51. The summed E-state index contributed by atoms with van der Waals surface area (Å²) in [6.45, 7) is 3.36. The lowest BCUT2D eigenvalue weighted by Crippen LogP contribution is -1.98. The predicted octanol–water partition coefficient (Wildman–Crippen LogP) is 4.75. The van der Waals surface area contributed by atoms with Crippen LogP contribution in [-0.2, 0) is 19.8 Å². The molecular weight excluding hydrogens is 298 g/mol. The molecule has 0 atom stereocenters. The summed E-state index contributed by atoms with van der Waals surface area (Å²) in [7, 11) is 0. The molecule has 3 aromatic rings. The third-order valence-corrected chi connectivity index (χ3v) is 4.84. The van der Waals surface area contributed by atoms with Crippen LogP contribution in [0.25, 0.3) is 21.8 Å². The zero-order valence-electron chi connectivity index (χ0n) is 14.5. The monoisotopic (exact) mass is 325 g/mol. The maximum atomic E-state index is 9.45. The van der Waals surface area contributed by atoms with E-state index in [2.05, 4.69) is 35.8 Å². The third kappa shape index (κ3) is 3.33. The Morgan fingerprint density at radius 2 is 1.29 bits per heavy atom. The molecule has 0 spiro atoms. The molecule has 0 radical (unpaired) electrons. The number of nitrogens with zero attached hydrogens (tertiary/aromatic N) is 1. The molecule has 0 aliphatic heterocycles. The van der Waals surface area contributed by atoms with Crippen molar-refractivity contribution in [1.29, 1.82) is 0 Å². The fraction of sp³-hybridized carbons (Fsp3) is 0.429. The number of aliphatic hydroxyl groups is 2. The highest BCUT2D eigenvalue weighted by atomic mass is 16.3. The van der Waals surface area contributed by atoms with Gasteiger partial charge < -0.3 is 14.8 Å². The van der Waals surface area contributed by atoms with Crippen LogP contribution in [0.2, 0.25) is 0 Å². The number of unbranched alkanes of at least 4 members (excludes halogenated alkanes) is 4. The summed E-state index contributed by atoms with van der Waals surface area (Å²) in [4.78, 5) is 0. The molecule has 0 aliphatic carbocycles. The number of aromatic nitrogens is 1. The number of aryl methyl sites for hydroxylation is 1. The Morgan fingerprint density at radius 1 is 0.750 bits per heavy atom. The Labute approximate surface area is 143 Å². The largest absolute Gasteiger partial charge is 0.392 e. The van der Waals surface area contributed by atoms with E-state index in [0.717, 1.165) is 17.7 Å². The minimum atomic E-state index is 0.0549. The molecule has 24 heavy (non-hydrogen) atoms. The Kier molecular flexibility index (Phi) is 5.54. The van der Waals surface area contributed by atoms with Crippen LogP contribution < -0.4 is 0 Å². The summed E-state index contributed by atoms with van der Waals surface area (Å²) in [5.41, 5.74) is 4.29. The Bertz CT molecular complexity index is 758. The van der Waals surface area contributed by atoms with Crippen molar-refractivity contribution in [1.82, 2.24) is 4.57 Å². The van der Waals surface area contributed by atoms with Gasteiger partial charge >= 0.3 is 0 Å². The predicted molar refractivity (Wildman–Crippen MR) is 100 cm³/mol. The maximum Gasteiger partial charge on any atom is 0.0682 e. The van der Waals surface area contributed by atoms with Gasteiger partial charge in [0.05, 0.1) is 13.2 Å². The lowest BCUT2D eigenvalue weighted by Gasteiger charge is -2.08. The quantitative estimate of drug-likeness (QED) is 0.587. The van der Waals surface area contributed by atoms with Gasteiger partial charge in [-0.05, 0) is 41.8 Å². The molecule has 2 aromatic carbocycles. The number of benzene rings is 2. The summed E-state index contributed by atoms with van der Waals surface area (Å²) in [6, 6.07) is 12.4. The van der Waals surface area contributed by atoms with Crippen LogP contribution in [0.3, 0.4) is 0 Å². The summed E-state index contributed by atoms with van der Waals surface area (Å²) in [5, 5.41) is 21.2. The van der Waals surface area contributed by atoms with Crippen molar-refractivity contribution in [3.8, 4) is 0 Å². The standard InChI is InChI=1S/C21H27NO2/c1-2-3-4-5-6-11-22-20-9-7-16(14-23)12-18(20)19-13-17(15-24)8-10-21(19)22/h7-10,12-13,23-24H,2-6,11,14-15H2,1H3. The highest BCUT2D eigenvalue weighted by Crippen LogP contribution is 2.31. The van der Waals surface area contributed by atoms with Crippen LogP contribution >= 0.6 is 0 Å². The van der Waals surface area contributed by atoms with E-state index in [9.17, 15) is 10.2 Å². The molecule has 0 fully saturated rings. The Balaban J connectivity index is 2.01. The van der Waals surface area contributed by atoms with E-state index in [-0.39, 0.29) is 13.2 Å². The molecule has 3 nitrogen and oxygen atoms in total. The maximum absolute atomic E-state index is 9.45. The zero-order valence-corrected chi connectivity index (χ0v) is 14.5. The number of rotatable bonds is 8. The van der Waals surface area contributed by atoms with E-state index in [0.29, 0.717) is 0 Å². The van der Waals surface area contributed by atoms with Crippen LogP contribution in [0.5, 0.6) is 0 Å². The second kappa shape index (κ2) is 7.82. The molecule has 3 rings (SSSR count). The smallest absolute Gasteiger partial charge is 0.0682 e. The lowest BCUT2D eigenvalue weighted by molar-refractivity contribution is 0.281. The van der Waals surface area contributed by atoms with Crippen molar-refractivity contribution < 1.29 is 10.2 Å². The zero-order chi connectivity index (χ0) is 16.9. The molecular formula is C21H27NO2. The van der Waals surface area contributed by atoms with Gasteiger partial charge in [-0.1, -0.05) is 44.7 Å². The highest BCUT2D eigenvalue weighted by molar-refractivity contribution is 6.08. The summed E-state index contributed by atoms with van der Waals surface area (Å²) >= 11 is 0. The SMILES string of the molecule is CCCCCCCn1c2ccc(CO)cc2c2cc(CO)ccc21. The second-order valence-corrected chi connectivity index (χ2v) is 6.59. The van der Waals surface area contributed by atoms with Gasteiger partial charge in [-0.15, -0.1) is 0 Å². The number of aliphatic hydroxyl groups excluding tert-OH is 2. The van der Waals surface area contributed by atoms with Crippen LogP contribution in [-0.4, -0.2) is 14.8 Å². The van der Waals surface area contributed by atoms with Gasteiger partial charge in [0.1, 0.15) is 0 Å². The molecule has 1 heterocycles. The Hall–Kier alpha value is -1.84. The van der Waals surface area contributed by atoms with Crippen LogP contribution in [0, 0.1) is 0 Å². The first kappa shape index (κ1) is 17.0. The van der Waals surface area contributed by atoms with Gasteiger partial charge in [0.25, 0.3) is 0 Å². The van der Waals surface area contributed by atoms with Crippen LogP contribution in [0.1, 0.15) is 50.2 Å². The van der Waals surface area contributed by atoms with Crippen molar-refractivity contribution in [2.24, 2.45) is 0 Å². The van der Waals surface area contributed by atoms with Gasteiger partial charge in [0.2, 0.25) is 0 Å². The first-order chi connectivity index (χ1) is 11.8. The first-order valence-corrected chi connectivity index (χ1v) is 9.04. The molecule has 0 unspecified atom stereocenters. The van der Waals surface area contributed by atoms with Crippen molar-refractivity contribution in [2.45, 2.75) is 58.8 Å². The molecule has 128 valence electrons. The van der Waals surface area contributed by atoms with E-state index < -0.39 is 0 Å². The molecule has 0 amide bonds. The van der Waals surface area contributed by atoms with Gasteiger partial charge in [-0.3, -0.25) is 0 Å². The summed E-state index contributed by atoms with van der Waals surface area (Å²) < 4.78 is 2.39. The summed E-state index contributed by atoms with van der Waals surface area (Å²) in [6.07, 6.45) is 6.33. The molecule has 1 aromatic heterocycles. The van der Waals surface area contributed by atoms with Gasteiger partial charge in [0.15, 0.2) is 0 Å². The van der Waals surface area contributed by atoms with E-state index >= 15 is 0 Å². The average Bonchev–Trinajstić information content (AvgIpc) is 2.94. The normalized spacial score (nSPS) is 11.6. The molecule has 0 bridgehead atoms. The van der Waals surface area contributed by atoms with E-state index in [4.69, 9.17) is 0 Å². The lowest BCUT2D eigenvalue weighted by atomic mass is 10.1. The third-order valence-electron chi connectivity index (χ3n) is 4.84. The van der Waals surface area contributed by atoms with Crippen LogP contribution in [0.4, 0.5) is 0 Å². The molecule has 0 saturated carbocycles. The van der Waals surface area contributed by atoms with Gasteiger partial charge in [0, 0.05) is 28.4 Å². The average molecular weight is 325 g/mol.